The number of carbonyl (C=O) groups is 1. The fraction of sp³-hybridized carbons (Fsp3) is 0.364. The van der Waals surface area contributed by atoms with Crippen molar-refractivity contribution in [1.82, 2.24) is 5.32 Å². The number of hydrogen-bond donors (Lipinski definition) is 2. The number of benzene rings is 1. The van der Waals surface area contributed by atoms with Gasteiger partial charge in [0, 0.05) is 24.8 Å². The zero-order valence-corrected chi connectivity index (χ0v) is 8.60. The van der Waals surface area contributed by atoms with Gasteiger partial charge in [0.05, 0.1) is 6.61 Å². The number of aliphatic hydroxyl groups is 1. The number of para-hydroxylation sites is 1. The van der Waals surface area contributed by atoms with Crippen LogP contribution >= 0.6 is 0 Å². The van der Waals surface area contributed by atoms with Crippen LogP contribution in [0.3, 0.4) is 0 Å². The Labute approximate surface area is 88.5 Å². The predicted octanol–water partition coefficient (Wildman–Crippen LogP) is 0.286. The normalized spacial score (nSPS) is 19.5. The standard InChI is InChI=1S/C11H14N2O2/c1-13-9-5-3-2-4-8(9)10(11(13)15)12-6-7-14/h2-5,10,12,14H,6-7H2,1H3. The average molecular weight is 206 g/mol. The summed E-state index contributed by atoms with van der Waals surface area (Å²) in [5, 5.41) is 11.8. The maximum Gasteiger partial charge on any atom is 0.248 e. The highest BCUT2D eigenvalue weighted by Crippen LogP contribution is 2.33. The monoisotopic (exact) mass is 206 g/mol. The highest BCUT2D eigenvalue weighted by molar-refractivity contribution is 6.04. The molecule has 1 heterocycles. The zero-order chi connectivity index (χ0) is 10.8. The summed E-state index contributed by atoms with van der Waals surface area (Å²) < 4.78 is 0. The summed E-state index contributed by atoms with van der Waals surface area (Å²) in [6.45, 7) is 0.467. The number of likely N-dealkylation sites (N-methyl/N-ethyl adjacent to an activating group) is 1. The second-order valence-corrected chi connectivity index (χ2v) is 3.57. The third-order valence-electron chi connectivity index (χ3n) is 2.65. The summed E-state index contributed by atoms with van der Waals surface area (Å²) in [5.41, 5.74) is 1.93. The Kier molecular flexibility index (Phi) is 2.70. The van der Waals surface area contributed by atoms with Crippen molar-refractivity contribution in [2.75, 3.05) is 25.1 Å². The minimum atomic E-state index is -0.307. The third kappa shape index (κ3) is 1.62. The molecule has 15 heavy (non-hydrogen) atoms. The van der Waals surface area contributed by atoms with Gasteiger partial charge in [-0.05, 0) is 6.07 Å². The number of hydrogen-bond acceptors (Lipinski definition) is 3. The number of nitrogens with one attached hydrogen (secondary N) is 1. The molecule has 0 aromatic heterocycles. The molecular formula is C11H14N2O2. The van der Waals surface area contributed by atoms with Crippen molar-refractivity contribution in [2.45, 2.75) is 6.04 Å². The van der Waals surface area contributed by atoms with Gasteiger partial charge >= 0.3 is 0 Å². The predicted molar refractivity (Wildman–Crippen MR) is 57.7 cm³/mol. The molecule has 0 saturated carbocycles. The summed E-state index contributed by atoms with van der Waals surface area (Å²) in [6, 6.07) is 7.38. The number of nitrogens with zero attached hydrogens (tertiary/aromatic N) is 1. The van der Waals surface area contributed by atoms with Gasteiger partial charge in [0.1, 0.15) is 6.04 Å². The maximum absolute atomic E-state index is 11.8. The summed E-state index contributed by atoms with van der Waals surface area (Å²) in [4.78, 5) is 13.5. The highest BCUT2D eigenvalue weighted by Gasteiger charge is 2.33. The van der Waals surface area contributed by atoms with Crippen LogP contribution in [-0.4, -0.2) is 31.2 Å². The molecule has 2 N–H and O–H groups in total. The smallest absolute Gasteiger partial charge is 0.248 e. The summed E-state index contributed by atoms with van der Waals surface area (Å²) in [5.74, 6) is 0.0321. The molecule has 0 bridgehead atoms. The van der Waals surface area contributed by atoms with E-state index < -0.39 is 0 Å². The molecule has 1 unspecified atom stereocenters. The minimum Gasteiger partial charge on any atom is -0.395 e. The molecule has 1 amide bonds. The topological polar surface area (TPSA) is 52.6 Å². The Hall–Kier alpha value is -1.39. The van der Waals surface area contributed by atoms with E-state index in [1.54, 1.807) is 11.9 Å². The SMILES string of the molecule is CN1C(=O)C(NCCO)c2ccccc21. The molecule has 1 aromatic carbocycles. The van der Waals surface area contributed by atoms with E-state index in [0.29, 0.717) is 6.54 Å². The fourth-order valence-electron chi connectivity index (χ4n) is 1.89. The van der Waals surface area contributed by atoms with Crippen LogP contribution in [0.25, 0.3) is 0 Å². The van der Waals surface area contributed by atoms with Gasteiger partial charge in [-0.1, -0.05) is 18.2 Å². The van der Waals surface area contributed by atoms with Crippen molar-refractivity contribution >= 4 is 11.6 Å². The van der Waals surface area contributed by atoms with Crippen molar-refractivity contribution in [3.63, 3.8) is 0 Å². The van der Waals surface area contributed by atoms with Crippen LogP contribution < -0.4 is 10.2 Å². The van der Waals surface area contributed by atoms with Crippen LogP contribution in [0.1, 0.15) is 11.6 Å². The molecule has 80 valence electrons. The molecule has 1 aliphatic heterocycles. The largest absolute Gasteiger partial charge is 0.395 e. The number of amides is 1. The molecule has 0 aliphatic carbocycles. The number of aliphatic hydroxyl groups excluding tert-OH is 1. The lowest BCUT2D eigenvalue weighted by Gasteiger charge is -2.11. The first kappa shape index (κ1) is 10.1. The highest BCUT2D eigenvalue weighted by atomic mass is 16.3. The first-order valence-corrected chi connectivity index (χ1v) is 4.96. The number of rotatable bonds is 3. The van der Waals surface area contributed by atoms with E-state index in [1.807, 2.05) is 24.3 Å². The Bertz CT molecular complexity index is 379. The quantitative estimate of drug-likeness (QED) is 0.747. The van der Waals surface area contributed by atoms with Crippen molar-refractivity contribution < 1.29 is 9.90 Å². The van der Waals surface area contributed by atoms with Crippen LogP contribution in [0.2, 0.25) is 0 Å². The fourth-order valence-corrected chi connectivity index (χ4v) is 1.89. The van der Waals surface area contributed by atoms with Gasteiger partial charge in [0.25, 0.3) is 0 Å². The minimum absolute atomic E-state index is 0.0321. The molecule has 2 rings (SSSR count). The molecule has 0 spiro atoms. The molecule has 4 nitrogen and oxygen atoms in total. The van der Waals surface area contributed by atoms with Gasteiger partial charge in [-0.3, -0.25) is 10.1 Å². The van der Waals surface area contributed by atoms with E-state index in [1.165, 1.54) is 0 Å². The molecular weight excluding hydrogens is 192 g/mol. The van der Waals surface area contributed by atoms with E-state index in [2.05, 4.69) is 5.32 Å². The molecule has 1 aromatic rings. The molecule has 0 saturated heterocycles. The number of carbonyl (C=O) groups excluding carboxylic acids is 1. The summed E-state index contributed by atoms with van der Waals surface area (Å²) in [6.07, 6.45) is 0. The van der Waals surface area contributed by atoms with E-state index in [4.69, 9.17) is 5.11 Å². The van der Waals surface area contributed by atoms with Gasteiger partial charge in [-0.25, -0.2) is 0 Å². The van der Waals surface area contributed by atoms with E-state index in [9.17, 15) is 4.79 Å². The molecule has 1 aliphatic rings. The third-order valence-corrected chi connectivity index (χ3v) is 2.65. The van der Waals surface area contributed by atoms with Crippen LogP contribution in [-0.2, 0) is 4.79 Å². The zero-order valence-electron chi connectivity index (χ0n) is 8.60. The van der Waals surface area contributed by atoms with Gasteiger partial charge < -0.3 is 10.0 Å². The Morgan fingerprint density at radius 3 is 2.93 bits per heavy atom. The number of fused-ring (bicyclic) bond motifs is 1. The molecule has 1 atom stereocenters. The van der Waals surface area contributed by atoms with Crippen molar-refractivity contribution in [3.05, 3.63) is 29.8 Å². The van der Waals surface area contributed by atoms with Crippen LogP contribution in [0.15, 0.2) is 24.3 Å². The van der Waals surface area contributed by atoms with Crippen molar-refractivity contribution in [2.24, 2.45) is 0 Å². The van der Waals surface area contributed by atoms with Gasteiger partial charge in [0.15, 0.2) is 0 Å². The second-order valence-electron chi connectivity index (χ2n) is 3.57. The summed E-state index contributed by atoms with van der Waals surface area (Å²) in [7, 11) is 1.77. The first-order valence-electron chi connectivity index (χ1n) is 4.96. The van der Waals surface area contributed by atoms with Crippen LogP contribution in [0.5, 0.6) is 0 Å². The van der Waals surface area contributed by atoms with Crippen LogP contribution in [0, 0.1) is 0 Å². The second kappa shape index (κ2) is 4.00. The van der Waals surface area contributed by atoms with Crippen molar-refractivity contribution in [3.8, 4) is 0 Å². The lowest BCUT2D eigenvalue weighted by molar-refractivity contribution is -0.119. The van der Waals surface area contributed by atoms with E-state index >= 15 is 0 Å². The lowest BCUT2D eigenvalue weighted by Crippen LogP contribution is -2.33. The van der Waals surface area contributed by atoms with E-state index in [-0.39, 0.29) is 18.6 Å². The number of anilines is 1. The average Bonchev–Trinajstić information content (AvgIpc) is 2.51. The van der Waals surface area contributed by atoms with Gasteiger partial charge in [0.2, 0.25) is 5.91 Å². The molecule has 0 fully saturated rings. The molecule has 0 radical (unpaired) electrons. The molecule has 4 heteroatoms. The lowest BCUT2D eigenvalue weighted by atomic mass is 10.1. The van der Waals surface area contributed by atoms with Gasteiger partial charge in [-0.2, -0.15) is 0 Å². The summed E-state index contributed by atoms with van der Waals surface area (Å²) >= 11 is 0. The first-order chi connectivity index (χ1) is 7.25. The van der Waals surface area contributed by atoms with Gasteiger partial charge in [-0.15, -0.1) is 0 Å². The maximum atomic E-state index is 11.8. The Morgan fingerprint density at radius 2 is 2.20 bits per heavy atom. The Balaban J connectivity index is 2.30. The van der Waals surface area contributed by atoms with Crippen molar-refractivity contribution in [1.29, 1.82) is 0 Å². The van der Waals surface area contributed by atoms with E-state index in [0.717, 1.165) is 11.3 Å². The van der Waals surface area contributed by atoms with Crippen LogP contribution in [0.4, 0.5) is 5.69 Å². The Morgan fingerprint density at radius 1 is 1.47 bits per heavy atom.